The van der Waals surface area contributed by atoms with E-state index in [1.165, 1.54) is 14.2 Å². The number of benzene rings is 4. The van der Waals surface area contributed by atoms with Crippen molar-refractivity contribution in [3.05, 3.63) is 95.0 Å². The van der Waals surface area contributed by atoms with Gasteiger partial charge in [-0.1, -0.05) is 93.0 Å². The summed E-state index contributed by atoms with van der Waals surface area (Å²) in [5, 5.41) is 14.6. The zero-order valence-corrected chi connectivity index (χ0v) is 23.4. The Morgan fingerprint density at radius 3 is 1.95 bits per heavy atom. The van der Waals surface area contributed by atoms with E-state index in [-0.39, 0.29) is 23.0 Å². The van der Waals surface area contributed by atoms with Gasteiger partial charge in [0, 0.05) is 5.39 Å². The van der Waals surface area contributed by atoms with E-state index >= 15 is 0 Å². The summed E-state index contributed by atoms with van der Waals surface area (Å²) in [6.07, 6.45) is 0. The fourth-order valence-electron chi connectivity index (χ4n) is 5.02. The normalized spacial score (nSPS) is 11.9. The molecule has 0 fully saturated rings. The van der Waals surface area contributed by atoms with Crippen LogP contribution < -0.4 is 15.1 Å². The number of carbonyl (C=O) groups is 1. The van der Waals surface area contributed by atoms with Crippen LogP contribution in [0.4, 0.5) is 0 Å². The molecule has 4 aromatic carbocycles. The van der Waals surface area contributed by atoms with Gasteiger partial charge in [0.15, 0.2) is 0 Å². The molecule has 7 heteroatoms. The fourth-order valence-corrected chi connectivity index (χ4v) is 9.79. The molecule has 0 saturated carbocycles. The first-order chi connectivity index (χ1) is 17.6. The summed E-state index contributed by atoms with van der Waals surface area (Å²) in [6.45, 7) is 6.81. The molecule has 0 atom stereocenters. The molecule has 4 rings (SSSR count). The number of hydrogen-bond donors (Lipinski definition) is 1. The fraction of sp³-hybridized carbons (Fsp3) is 0.233. The maximum atomic E-state index is 12.6. The van der Waals surface area contributed by atoms with Gasteiger partial charge in [-0.15, -0.1) is 0 Å². The molecule has 0 aliphatic heterocycles. The summed E-state index contributed by atoms with van der Waals surface area (Å²) < 4.78 is 17.4. The third-order valence-electron chi connectivity index (χ3n) is 6.72. The van der Waals surface area contributed by atoms with Crippen LogP contribution in [0, 0.1) is 0 Å². The van der Waals surface area contributed by atoms with Crippen molar-refractivity contribution >= 4 is 47.0 Å². The maximum absolute atomic E-state index is 12.6. The van der Waals surface area contributed by atoms with Crippen molar-refractivity contribution in [2.75, 3.05) is 14.2 Å². The maximum Gasteiger partial charge on any atom is 0.342 e. The summed E-state index contributed by atoms with van der Waals surface area (Å²) in [7, 11) is -0.0622. The number of rotatable bonds is 7. The predicted molar refractivity (Wildman–Crippen MR) is 151 cm³/mol. The average molecular weight is 535 g/mol. The highest BCUT2D eigenvalue weighted by atomic mass is 35.5. The van der Waals surface area contributed by atoms with Crippen molar-refractivity contribution in [2.45, 2.75) is 32.4 Å². The third-order valence-corrected chi connectivity index (χ3v) is 12.0. The first-order valence-corrected chi connectivity index (χ1v) is 14.3. The van der Waals surface area contributed by atoms with Crippen LogP contribution in [0.15, 0.2) is 78.9 Å². The van der Waals surface area contributed by atoms with Crippen LogP contribution in [0.5, 0.6) is 11.5 Å². The smallest absolute Gasteiger partial charge is 0.342 e. The number of methoxy groups -OCH3 is 2. The number of phenols is 1. The van der Waals surface area contributed by atoms with Crippen LogP contribution in [-0.4, -0.2) is 33.6 Å². The second kappa shape index (κ2) is 10.6. The predicted octanol–water partition coefficient (Wildman–Crippen LogP) is 6.07. The number of aromatic hydroxyl groups is 1. The molecule has 0 heterocycles. The van der Waals surface area contributed by atoms with E-state index < -0.39 is 14.3 Å². The van der Waals surface area contributed by atoms with E-state index in [4.69, 9.17) is 25.5 Å². The van der Waals surface area contributed by atoms with Crippen molar-refractivity contribution in [1.29, 1.82) is 0 Å². The molecule has 5 nitrogen and oxygen atoms in total. The van der Waals surface area contributed by atoms with E-state index in [1.807, 2.05) is 36.4 Å². The minimum absolute atomic E-state index is 0.0571. The molecule has 1 N–H and O–H groups in total. The van der Waals surface area contributed by atoms with Crippen molar-refractivity contribution in [3.8, 4) is 11.5 Å². The van der Waals surface area contributed by atoms with E-state index in [2.05, 4.69) is 45.0 Å². The van der Waals surface area contributed by atoms with Crippen LogP contribution in [0.25, 0.3) is 10.8 Å². The van der Waals surface area contributed by atoms with Crippen molar-refractivity contribution < 1.29 is 23.8 Å². The Morgan fingerprint density at radius 1 is 0.892 bits per heavy atom. The molecule has 0 aromatic heterocycles. The third kappa shape index (κ3) is 4.84. The van der Waals surface area contributed by atoms with E-state index in [1.54, 1.807) is 18.2 Å². The molecule has 0 amide bonds. The van der Waals surface area contributed by atoms with Gasteiger partial charge in [-0.2, -0.15) is 0 Å². The lowest BCUT2D eigenvalue weighted by Crippen LogP contribution is -2.66. The second-order valence-electron chi connectivity index (χ2n) is 9.91. The van der Waals surface area contributed by atoms with Crippen LogP contribution in [0.1, 0.15) is 36.7 Å². The summed E-state index contributed by atoms with van der Waals surface area (Å²) >= 11 is 6.50. The molecule has 0 aliphatic carbocycles. The van der Waals surface area contributed by atoms with Gasteiger partial charge in [-0.3, -0.25) is 0 Å². The Balaban J connectivity index is 1.93. The Labute approximate surface area is 223 Å². The highest BCUT2D eigenvalue weighted by Crippen LogP contribution is 2.40. The number of fused-ring (bicyclic) bond motifs is 1. The van der Waals surface area contributed by atoms with Gasteiger partial charge in [-0.25, -0.2) is 4.79 Å². The van der Waals surface area contributed by atoms with Gasteiger partial charge in [0.2, 0.25) is 0 Å². The molecular weight excluding hydrogens is 504 g/mol. The SMILES string of the molecule is COC(=O)c1c(O)cc(CO[Si](c2ccccc2)(c2ccccc2)C(C)(C)C)c2cc(Cl)c(OC)cc12. The number of esters is 1. The summed E-state index contributed by atoms with van der Waals surface area (Å²) in [6, 6.07) is 25.6. The lowest BCUT2D eigenvalue weighted by atomic mass is 9.98. The Morgan fingerprint density at radius 2 is 1.46 bits per heavy atom. The summed E-state index contributed by atoms with van der Waals surface area (Å²) in [5.74, 6) is -0.445. The Bertz CT molecular complexity index is 1380. The lowest BCUT2D eigenvalue weighted by molar-refractivity contribution is 0.0600. The number of ether oxygens (including phenoxy) is 2. The monoisotopic (exact) mass is 534 g/mol. The van der Waals surface area contributed by atoms with Gasteiger partial charge in [0.05, 0.1) is 25.8 Å². The second-order valence-corrected chi connectivity index (χ2v) is 14.6. The van der Waals surface area contributed by atoms with E-state index in [9.17, 15) is 9.90 Å². The molecule has 0 saturated heterocycles. The number of halogens is 1. The minimum atomic E-state index is -2.84. The highest BCUT2D eigenvalue weighted by Gasteiger charge is 2.50. The van der Waals surface area contributed by atoms with Crippen LogP contribution in [0.3, 0.4) is 0 Å². The zero-order chi connectivity index (χ0) is 26.8. The standard InChI is InChI=1S/C30H31ClO5Si/c1-30(2,3)37(21-12-8-6-9-13-21,22-14-10-7-11-15-22)36-19-20-16-26(32)28(29(33)35-5)24-18-27(34-4)25(31)17-23(20)24/h6-18,32H,19H2,1-5H3. The molecule has 37 heavy (non-hydrogen) atoms. The molecule has 4 aromatic rings. The Hall–Kier alpha value is -3.32. The molecule has 0 aliphatic rings. The molecule has 0 radical (unpaired) electrons. The number of hydrogen-bond acceptors (Lipinski definition) is 5. The molecule has 0 bridgehead atoms. The largest absolute Gasteiger partial charge is 0.507 e. The van der Waals surface area contributed by atoms with Crippen molar-refractivity contribution in [3.63, 3.8) is 0 Å². The number of carbonyl (C=O) groups excluding carboxylic acids is 1. The summed E-state index contributed by atoms with van der Waals surface area (Å²) in [4.78, 5) is 12.6. The van der Waals surface area contributed by atoms with E-state index in [0.717, 1.165) is 10.4 Å². The van der Waals surface area contributed by atoms with Gasteiger partial charge in [0.25, 0.3) is 8.32 Å². The van der Waals surface area contributed by atoms with Gasteiger partial charge < -0.3 is 19.0 Å². The van der Waals surface area contributed by atoms with Crippen LogP contribution >= 0.6 is 11.6 Å². The topological polar surface area (TPSA) is 65.0 Å². The number of phenolic OH excluding ortho intramolecular Hbond substituents is 1. The van der Waals surface area contributed by atoms with Crippen LogP contribution in [0.2, 0.25) is 10.1 Å². The first-order valence-electron chi connectivity index (χ1n) is 12.0. The molecule has 192 valence electrons. The van der Waals surface area contributed by atoms with Crippen LogP contribution in [-0.2, 0) is 15.8 Å². The lowest BCUT2D eigenvalue weighted by Gasteiger charge is -2.43. The quantitative estimate of drug-likeness (QED) is 0.230. The Kier molecular flexibility index (Phi) is 7.64. The van der Waals surface area contributed by atoms with Crippen molar-refractivity contribution in [1.82, 2.24) is 0 Å². The first kappa shape index (κ1) is 26.7. The zero-order valence-electron chi connectivity index (χ0n) is 21.7. The van der Waals surface area contributed by atoms with Gasteiger partial charge >= 0.3 is 5.97 Å². The minimum Gasteiger partial charge on any atom is -0.507 e. The van der Waals surface area contributed by atoms with E-state index in [0.29, 0.717) is 27.1 Å². The average Bonchev–Trinajstić information content (AvgIpc) is 2.89. The van der Waals surface area contributed by atoms with Gasteiger partial charge in [-0.05, 0) is 44.6 Å². The van der Waals surface area contributed by atoms with Crippen molar-refractivity contribution in [2.24, 2.45) is 0 Å². The molecule has 0 unspecified atom stereocenters. The highest BCUT2D eigenvalue weighted by molar-refractivity contribution is 6.99. The molecular formula is C30H31ClO5Si. The summed E-state index contributed by atoms with van der Waals surface area (Å²) in [5.41, 5.74) is 0.763. The molecule has 0 spiro atoms. The van der Waals surface area contributed by atoms with Gasteiger partial charge in [0.1, 0.15) is 17.1 Å².